The summed E-state index contributed by atoms with van der Waals surface area (Å²) in [6.07, 6.45) is 0.789. The van der Waals surface area contributed by atoms with Crippen LogP contribution in [0.25, 0.3) is 5.76 Å². The maximum atomic E-state index is 14.3. The summed E-state index contributed by atoms with van der Waals surface area (Å²) in [7, 11) is 0. The molecule has 9 heteroatoms. The zero-order valence-corrected chi connectivity index (χ0v) is 21.1. The van der Waals surface area contributed by atoms with Crippen LogP contribution in [0.3, 0.4) is 0 Å². The number of carbonyl (C=O) groups is 3. The second-order valence-electron chi connectivity index (χ2n) is 8.36. The molecule has 186 valence electrons. The number of aryl methyl sites for hydroxylation is 3. The van der Waals surface area contributed by atoms with E-state index in [-0.39, 0.29) is 27.8 Å². The maximum absolute atomic E-state index is 14.3. The highest BCUT2D eigenvalue weighted by Crippen LogP contribution is 2.44. The van der Waals surface area contributed by atoms with Crippen LogP contribution in [0, 0.1) is 19.7 Å². The van der Waals surface area contributed by atoms with Crippen molar-refractivity contribution >= 4 is 39.9 Å². The number of thiazole rings is 1. The van der Waals surface area contributed by atoms with Crippen molar-refractivity contribution in [1.82, 2.24) is 4.98 Å². The number of amides is 1. The van der Waals surface area contributed by atoms with Crippen molar-refractivity contribution in [2.45, 2.75) is 40.2 Å². The van der Waals surface area contributed by atoms with Crippen molar-refractivity contribution in [2.75, 3.05) is 11.5 Å². The van der Waals surface area contributed by atoms with Crippen molar-refractivity contribution < 1.29 is 28.6 Å². The molecule has 1 N–H and O–H groups in total. The molecule has 4 rings (SSSR count). The van der Waals surface area contributed by atoms with Crippen molar-refractivity contribution in [1.29, 1.82) is 0 Å². The van der Waals surface area contributed by atoms with Crippen molar-refractivity contribution in [3.05, 3.63) is 86.7 Å². The lowest BCUT2D eigenvalue weighted by atomic mass is 9.94. The summed E-state index contributed by atoms with van der Waals surface area (Å²) in [5.74, 6) is -3.44. The Bertz CT molecular complexity index is 1390. The molecule has 2 aromatic carbocycles. The van der Waals surface area contributed by atoms with Crippen molar-refractivity contribution in [3.63, 3.8) is 0 Å². The van der Waals surface area contributed by atoms with Gasteiger partial charge >= 0.3 is 11.9 Å². The second-order valence-corrected chi connectivity index (χ2v) is 9.34. The highest BCUT2D eigenvalue weighted by molar-refractivity contribution is 7.17. The summed E-state index contributed by atoms with van der Waals surface area (Å²) >= 11 is 0.934. The fourth-order valence-electron chi connectivity index (χ4n) is 4.05. The van der Waals surface area contributed by atoms with Gasteiger partial charge in [-0.25, -0.2) is 14.2 Å². The molecule has 7 nitrogen and oxygen atoms in total. The van der Waals surface area contributed by atoms with Crippen LogP contribution in [0.4, 0.5) is 9.52 Å². The largest absolute Gasteiger partial charge is 0.507 e. The Morgan fingerprint density at radius 3 is 2.44 bits per heavy atom. The standard InChI is InChI=1S/C27H25FN2O5S/c1-5-16-8-11-17(12-9-16)21-20(22(31)18-10-7-14(3)19(28)13-18)23(32)25(33)30(21)27-29-15(4)24(36-27)26(34)35-6-2/h7-13,21,31H,5-6H2,1-4H3. The second kappa shape index (κ2) is 10.0. The summed E-state index contributed by atoms with van der Waals surface area (Å²) in [6, 6.07) is 10.4. The maximum Gasteiger partial charge on any atom is 0.350 e. The molecule has 1 saturated heterocycles. The molecule has 1 fully saturated rings. The van der Waals surface area contributed by atoms with Gasteiger partial charge in [-0.2, -0.15) is 0 Å². The van der Waals surface area contributed by atoms with Gasteiger partial charge in [0.1, 0.15) is 16.5 Å². The number of hydrogen-bond acceptors (Lipinski definition) is 7. The third kappa shape index (κ3) is 4.42. The van der Waals surface area contributed by atoms with Gasteiger partial charge in [0.2, 0.25) is 0 Å². The molecule has 1 atom stereocenters. The SMILES string of the molecule is CCOC(=O)c1sc(N2C(=O)C(=O)C(=C(O)c3ccc(C)c(F)c3)C2c2ccc(CC)cc2)nc1C. The van der Waals surface area contributed by atoms with E-state index < -0.39 is 35.3 Å². The number of carbonyl (C=O) groups excluding carboxylic acids is 3. The van der Waals surface area contributed by atoms with Gasteiger partial charge < -0.3 is 9.84 Å². The topological polar surface area (TPSA) is 96.8 Å². The summed E-state index contributed by atoms with van der Waals surface area (Å²) < 4.78 is 19.4. The highest BCUT2D eigenvalue weighted by atomic mass is 32.1. The van der Waals surface area contributed by atoms with Crippen LogP contribution in [0.15, 0.2) is 48.0 Å². The molecule has 1 aliphatic rings. The Morgan fingerprint density at radius 2 is 1.83 bits per heavy atom. The average Bonchev–Trinajstić information content (AvgIpc) is 3.37. The molecule has 1 unspecified atom stereocenters. The van der Waals surface area contributed by atoms with E-state index in [0.717, 1.165) is 29.4 Å². The summed E-state index contributed by atoms with van der Waals surface area (Å²) in [5.41, 5.74) is 2.24. The number of anilines is 1. The quantitative estimate of drug-likeness (QED) is 0.211. The van der Waals surface area contributed by atoms with E-state index >= 15 is 0 Å². The van der Waals surface area contributed by atoms with Crippen LogP contribution in [-0.2, 0) is 20.7 Å². The Hall–Kier alpha value is -3.85. The van der Waals surface area contributed by atoms with Gasteiger partial charge in [0, 0.05) is 5.56 Å². The van der Waals surface area contributed by atoms with E-state index in [4.69, 9.17) is 4.74 Å². The zero-order chi connectivity index (χ0) is 26.1. The number of nitrogens with zero attached hydrogens (tertiary/aromatic N) is 2. The molecular formula is C27H25FN2O5S. The minimum Gasteiger partial charge on any atom is -0.507 e. The predicted octanol–water partition coefficient (Wildman–Crippen LogP) is 5.26. The van der Waals surface area contributed by atoms with E-state index in [9.17, 15) is 23.9 Å². The molecule has 0 aliphatic carbocycles. The van der Waals surface area contributed by atoms with Gasteiger partial charge in [-0.05, 0) is 49.9 Å². The van der Waals surface area contributed by atoms with Gasteiger partial charge in [0.25, 0.3) is 5.78 Å². The lowest BCUT2D eigenvalue weighted by Gasteiger charge is -2.23. The van der Waals surface area contributed by atoms with Crippen LogP contribution < -0.4 is 4.90 Å². The third-order valence-corrected chi connectivity index (χ3v) is 7.18. The minimum atomic E-state index is -1.03. The van der Waals surface area contributed by atoms with E-state index in [0.29, 0.717) is 16.8 Å². The summed E-state index contributed by atoms with van der Waals surface area (Å²) in [5, 5.41) is 11.3. The molecule has 36 heavy (non-hydrogen) atoms. The number of halogens is 1. The first-order chi connectivity index (χ1) is 17.2. The van der Waals surface area contributed by atoms with Gasteiger partial charge in [0.05, 0.1) is 23.9 Å². The molecule has 1 amide bonds. The number of aliphatic hydroxyl groups excluding tert-OH is 1. The van der Waals surface area contributed by atoms with Gasteiger partial charge in [-0.15, -0.1) is 0 Å². The molecule has 1 aromatic heterocycles. The molecule has 0 radical (unpaired) electrons. The number of hydrogen-bond donors (Lipinski definition) is 1. The summed E-state index contributed by atoms with van der Waals surface area (Å²) in [6.45, 7) is 7.05. The molecule has 0 bridgehead atoms. The molecular weight excluding hydrogens is 483 g/mol. The Morgan fingerprint density at radius 1 is 1.14 bits per heavy atom. The monoisotopic (exact) mass is 508 g/mol. The van der Waals surface area contributed by atoms with Crippen LogP contribution in [0.5, 0.6) is 0 Å². The number of aromatic nitrogens is 1. The molecule has 0 saturated carbocycles. The summed E-state index contributed by atoms with van der Waals surface area (Å²) in [4.78, 5) is 44.7. The van der Waals surface area contributed by atoms with Crippen LogP contribution in [-0.4, -0.2) is 34.4 Å². The Kier molecular flexibility index (Phi) is 7.03. The Labute approximate surface area is 211 Å². The first-order valence-corrected chi connectivity index (χ1v) is 12.3. The minimum absolute atomic E-state index is 0.0776. The van der Waals surface area contributed by atoms with E-state index in [1.165, 1.54) is 17.0 Å². The van der Waals surface area contributed by atoms with E-state index in [1.807, 2.05) is 19.1 Å². The van der Waals surface area contributed by atoms with E-state index in [2.05, 4.69) is 4.98 Å². The van der Waals surface area contributed by atoms with Crippen molar-refractivity contribution in [3.8, 4) is 0 Å². The lowest BCUT2D eigenvalue weighted by Crippen LogP contribution is -2.29. The zero-order valence-electron chi connectivity index (χ0n) is 20.3. The fourth-order valence-corrected chi connectivity index (χ4v) is 5.04. The van der Waals surface area contributed by atoms with Gasteiger partial charge in [-0.3, -0.25) is 14.5 Å². The normalized spacial score (nSPS) is 17.0. The number of aliphatic hydroxyl groups is 1. The number of benzene rings is 2. The predicted molar refractivity (Wildman–Crippen MR) is 135 cm³/mol. The van der Waals surface area contributed by atoms with Crippen LogP contribution in [0.2, 0.25) is 0 Å². The van der Waals surface area contributed by atoms with Crippen LogP contribution in [0.1, 0.15) is 57.5 Å². The average molecular weight is 509 g/mol. The number of ether oxygens (including phenoxy) is 1. The smallest absolute Gasteiger partial charge is 0.350 e. The number of ketones is 1. The van der Waals surface area contributed by atoms with Crippen LogP contribution >= 0.6 is 11.3 Å². The van der Waals surface area contributed by atoms with Crippen molar-refractivity contribution in [2.24, 2.45) is 0 Å². The highest BCUT2D eigenvalue weighted by Gasteiger charge is 2.48. The van der Waals surface area contributed by atoms with Gasteiger partial charge in [0.15, 0.2) is 5.13 Å². The first-order valence-electron chi connectivity index (χ1n) is 11.5. The molecule has 0 spiro atoms. The number of Topliss-reactive ketones (excluding diaryl/α,β-unsaturated/α-hetero) is 1. The first kappa shape index (κ1) is 25.2. The third-order valence-electron chi connectivity index (χ3n) is 6.05. The number of esters is 1. The Balaban J connectivity index is 1.91. The fraction of sp³-hybridized carbons (Fsp3) is 0.259. The van der Waals surface area contributed by atoms with Gasteiger partial charge in [-0.1, -0.05) is 54.7 Å². The number of rotatable bonds is 6. The molecule has 1 aliphatic heterocycles. The van der Waals surface area contributed by atoms with E-state index in [1.54, 1.807) is 32.9 Å². The lowest BCUT2D eigenvalue weighted by molar-refractivity contribution is -0.132. The molecule has 2 heterocycles. The molecule has 3 aromatic rings.